The Kier molecular flexibility index (Phi) is 6.25. The monoisotopic (exact) mass is 592 g/mol. The first-order chi connectivity index (χ1) is 19.2. The number of amides is 3. The maximum Gasteiger partial charge on any atom is 0.433 e. The number of likely N-dealkylation sites (tertiary alicyclic amines) is 2. The number of hydrogen-bond acceptors (Lipinski definition) is 6. The molecule has 0 radical (unpaired) electrons. The van der Waals surface area contributed by atoms with Gasteiger partial charge in [-0.2, -0.15) is 13.2 Å². The van der Waals surface area contributed by atoms with Gasteiger partial charge in [0.15, 0.2) is 0 Å². The van der Waals surface area contributed by atoms with Crippen molar-refractivity contribution in [1.82, 2.24) is 19.8 Å². The number of carbonyl (C=O) groups excluding carboxylic acids is 3. The minimum atomic E-state index is -4.80. The Labute approximate surface area is 235 Å². The number of aromatic nitrogens is 2. The van der Waals surface area contributed by atoms with Crippen LogP contribution in [0.3, 0.4) is 0 Å². The van der Waals surface area contributed by atoms with Gasteiger partial charge in [0.05, 0.1) is 39.9 Å². The number of imide groups is 1. The highest BCUT2D eigenvalue weighted by atomic mass is 32.1. The first-order valence-electron chi connectivity index (χ1n) is 13.1. The maximum absolute atomic E-state index is 13.8. The van der Waals surface area contributed by atoms with E-state index in [1.54, 1.807) is 6.07 Å². The minimum Gasteiger partial charge on any atom is -0.338 e. The molecule has 0 spiro atoms. The maximum atomic E-state index is 13.8. The van der Waals surface area contributed by atoms with Gasteiger partial charge in [-0.1, -0.05) is 13.8 Å². The van der Waals surface area contributed by atoms with E-state index >= 15 is 0 Å². The van der Waals surface area contributed by atoms with E-state index < -0.39 is 30.1 Å². The summed E-state index contributed by atoms with van der Waals surface area (Å²) in [5.74, 6) is -2.86. The Morgan fingerprint density at radius 2 is 1.85 bits per heavy atom. The smallest absolute Gasteiger partial charge is 0.338 e. The van der Waals surface area contributed by atoms with E-state index in [9.17, 15) is 36.3 Å². The molecule has 0 bridgehead atoms. The fraction of sp³-hybridized carbons (Fsp3) is 0.464. The van der Waals surface area contributed by atoms with Crippen molar-refractivity contribution in [2.75, 3.05) is 13.1 Å². The highest BCUT2D eigenvalue weighted by molar-refractivity contribution is 7.19. The number of nitrogens with zero attached hydrogens (tertiary/aromatic N) is 4. The zero-order valence-electron chi connectivity index (χ0n) is 22.3. The number of piperidine rings is 1. The van der Waals surface area contributed by atoms with Gasteiger partial charge < -0.3 is 4.90 Å². The zero-order chi connectivity index (χ0) is 29.6. The second-order valence-electron chi connectivity index (χ2n) is 11.5. The minimum absolute atomic E-state index is 0.00480. The van der Waals surface area contributed by atoms with Crippen LogP contribution in [-0.4, -0.2) is 57.0 Å². The van der Waals surface area contributed by atoms with Crippen LogP contribution in [0.4, 0.5) is 22.0 Å². The predicted molar refractivity (Wildman–Crippen MR) is 139 cm³/mol. The summed E-state index contributed by atoms with van der Waals surface area (Å²) in [5.41, 5.74) is -1.23. The van der Waals surface area contributed by atoms with Gasteiger partial charge in [0.25, 0.3) is 5.91 Å². The summed E-state index contributed by atoms with van der Waals surface area (Å²) in [7, 11) is 0. The number of thiophene rings is 1. The largest absolute Gasteiger partial charge is 0.433 e. The summed E-state index contributed by atoms with van der Waals surface area (Å²) < 4.78 is 68.5. The van der Waals surface area contributed by atoms with E-state index in [2.05, 4.69) is 9.97 Å². The van der Waals surface area contributed by atoms with Crippen LogP contribution in [0.1, 0.15) is 46.8 Å². The molecule has 6 rings (SSSR count). The van der Waals surface area contributed by atoms with Gasteiger partial charge in [-0.3, -0.25) is 24.3 Å². The fourth-order valence-corrected chi connectivity index (χ4v) is 7.30. The number of carbonyl (C=O) groups is 3. The second kappa shape index (κ2) is 9.27. The molecule has 0 aromatic carbocycles. The van der Waals surface area contributed by atoms with Crippen LogP contribution in [0.2, 0.25) is 0 Å². The average Bonchev–Trinajstić information content (AvgIpc) is 3.33. The van der Waals surface area contributed by atoms with Crippen LogP contribution in [0.5, 0.6) is 0 Å². The summed E-state index contributed by atoms with van der Waals surface area (Å²) in [5, 5.41) is 0. The fourth-order valence-electron chi connectivity index (χ4n) is 6.19. The van der Waals surface area contributed by atoms with Crippen molar-refractivity contribution in [1.29, 1.82) is 0 Å². The van der Waals surface area contributed by atoms with E-state index in [4.69, 9.17) is 0 Å². The molecule has 3 unspecified atom stereocenters. The third-order valence-electron chi connectivity index (χ3n) is 8.51. The van der Waals surface area contributed by atoms with Crippen LogP contribution in [-0.2, 0) is 22.3 Å². The molecule has 5 heterocycles. The lowest BCUT2D eigenvalue weighted by Gasteiger charge is -2.21. The number of aryl methyl sites for hydroxylation is 1. The lowest BCUT2D eigenvalue weighted by atomic mass is 9.99. The first kappa shape index (κ1) is 27.7. The number of rotatable bonds is 5. The summed E-state index contributed by atoms with van der Waals surface area (Å²) in [4.78, 5) is 50.5. The summed E-state index contributed by atoms with van der Waals surface area (Å²) >= 11 is 1.15. The topological polar surface area (TPSA) is 83.5 Å². The molecule has 216 valence electrons. The van der Waals surface area contributed by atoms with Gasteiger partial charge in [0, 0.05) is 35.6 Å². The molecule has 2 aliphatic heterocycles. The van der Waals surface area contributed by atoms with E-state index in [0.717, 1.165) is 17.4 Å². The summed E-state index contributed by atoms with van der Waals surface area (Å²) in [6, 6.07) is 3.90. The highest BCUT2D eigenvalue weighted by Gasteiger charge is 2.72. The number of alkyl halides is 5. The Hall–Kier alpha value is -3.48. The molecule has 13 heteroatoms. The lowest BCUT2D eigenvalue weighted by molar-refractivity contribution is -0.144. The Morgan fingerprint density at radius 1 is 1.17 bits per heavy atom. The van der Waals surface area contributed by atoms with E-state index in [-0.39, 0.29) is 77.5 Å². The van der Waals surface area contributed by atoms with E-state index in [1.807, 2.05) is 13.8 Å². The molecule has 3 aliphatic rings. The van der Waals surface area contributed by atoms with Crippen molar-refractivity contribution in [2.45, 2.75) is 46.3 Å². The van der Waals surface area contributed by atoms with Crippen LogP contribution in [0, 0.1) is 30.1 Å². The van der Waals surface area contributed by atoms with E-state index in [0.29, 0.717) is 15.1 Å². The van der Waals surface area contributed by atoms with Crippen molar-refractivity contribution in [3.8, 4) is 11.3 Å². The molecule has 3 aromatic rings. The second-order valence-corrected chi connectivity index (χ2v) is 12.6. The van der Waals surface area contributed by atoms with Crippen molar-refractivity contribution in [2.24, 2.45) is 23.2 Å². The molecule has 1 saturated carbocycles. The van der Waals surface area contributed by atoms with Crippen LogP contribution < -0.4 is 0 Å². The number of halogens is 5. The molecule has 3 fully saturated rings. The van der Waals surface area contributed by atoms with Crippen molar-refractivity contribution in [3.63, 3.8) is 0 Å². The van der Waals surface area contributed by atoms with Gasteiger partial charge in [0.1, 0.15) is 5.69 Å². The molecule has 2 saturated heterocycles. The molecule has 3 atom stereocenters. The molecule has 0 N–H and O–H groups in total. The molecule has 7 nitrogen and oxygen atoms in total. The first-order valence-corrected chi connectivity index (χ1v) is 13.9. The standard InChI is InChI=1S/C28H25F5N4O3S/c1-12-8-17(28(31,32)33)35-21(18(12)24(38)36-7-5-13(10-36)23(29)30)15-4-6-34-16-9-14(41-22(15)16)11-37-25(39)19-20(26(37)40)27(19,2)3/h4,6,8-9,13,19-20,23H,5,7,10-11H2,1-3H3. The third-order valence-corrected chi connectivity index (χ3v) is 9.66. The van der Waals surface area contributed by atoms with Gasteiger partial charge in [-0.05, 0) is 42.5 Å². The Balaban J connectivity index is 1.41. The van der Waals surface area contributed by atoms with Crippen LogP contribution >= 0.6 is 11.3 Å². The molecule has 3 amide bonds. The van der Waals surface area contributed by atoms with Crippen molar-refractivity contribution >= 4 is 39.3 Å². The molecular weight excluding hydrogens is 567 g/mol. The lowest BCUT2D eigenvalue weighted by Crippen LogP contribution is -2.35. The van der Waals surface area contributed by atoms with Crippen LogP contribution in [0.15, 0.2) is 24.4 Å². The summed E-state index contributed by atoms with van der Waals surface area (Å²) in [6.07, 6.45) is -5.94. The number of fused-ring (bicyclic) bond motifs is 2. The normalized spacial score (nSPS) is 23.7. The molecule has 1 aliphatic carbocycles. The number of hydrogen-bond donors (Lipinski definition) is 0. The summed E-state index contributed by atoms with van der Waals surface area (Å²) in [6.45, 7) is 4.98. The number of pyridine rings is 2. The molecule has 41 heavy (non-hydrogen) atoms. The van der Waals surface area contributed by atoms with Gasteiger partial charge in [-0.15, -0.1) is 11.3 Å². The Morgan fingerprint density at radius 3 is 2.46 bits per heavy atom. The van der Waals surface area contributed by atoms with Crippen molar-refractivity contribution < 1.29 is 36.3 Å². The molecular formula is C28H25F5N4O3S. The predicted octanol–water partition coefficient (Wildman–Crippen LogP) is 5.55. The molecule has 3 aromatic heterocycles. The Bertz CT molecular complexity index is 1590. The van der Waals surface area contributed by atoms with Crippen LogP contribution in [0.25, 0.3) is 21.5 Å². The van der Waals surface area contributed by atoms with E-state index in [1.165, 1.54) is 29.0 Å². The van der Waals surface area contributed by atoms with Gasteiger partial charge in [-0.25, -0.2) is 13.8 Å². The highest BCUT2D eigenvalue weighted by Crippen LogP contribution is 2.63. The third kappa shape index (κ3) is 4.39. The van der Waals surface area contributed by atoms with Gasteiger partial charge in [0.2, 0.25) is 18.2 Å². The van der Waals surface area contributed by atoms with Gasteiger partial charge >= 0.3 is 6.18 Å². The average molecular weight is 593 g/mol. The SMILES string of the molecule is Cc1cc(C(F)(F)F)nc(-c2ccnc3cc(CN4C(=O)C5C(C4=O)C5(C)C)sc23)c1C(=O)N1CCC(C(F)F)C1. The quantitative estimate of drug-likeness (QED) is 0.287. The van der Waals surface area contributed by atoms with Crippen molar-refractivity contribution in [3.05, 3.63) is 46.1 Å². The zero-order valence-corrected chi connectivity index (χ0v) is 23.1.